The Morgan fingerprint density at radius 3 is 2.49 bits per heavy atom. The van der Waals surface area contributed by atoms with Crippen LogP contribution < -0.4 is 0 Å². The van der Waals surface area contributed by atoms with Crippen LogP contribution in [0.1, 0.15) is 69.8 Å². The van der Waals surface area contributed by atoms with E-state index in [2.05, 4.69) is 31.2 Å². The van der Waals surface area contributed by atoms with E-state index in [-0.39, 0.29) is 48.6 Å². The summed E-state index contributed by atoms with van der Waals surface area (Å²) in [7, 11) is -1.33. The van der Waals surface area contributed by atoms with Crippen molar-refractivity contribution in [1.82, 2.24) is 14.5 Å². The summed E-state index contributed by atoms with van der Waals surface area (Å²) in [5, 5.41) is 0.530. The molecule has 0 radical (unpaired) electrons. The molecular formula is C32H47ClFN3O5Si. The van der Waals surface area contributed by atoms with Crippen LogP contribution in [0.2, 0.25) is 30.8 Å². The van der Waals surface area contributed by atoms with E-state index in [0.29, 0.717) is 43.1 Å². The van der Waals surface area contributed by atoms with Gasteiger partial charge >= 0.3 is 6.09 Å². The first-order chi connectivity index (χ1) is 20.2. The summed E-state index contributed by atoms with van der Waals surface area (Å²) < 4.78 is 42.1. The van der Waals surface area contributed by atoms with E-state index in [4.69, 9.17) is 30.5 Å². The molecule has 238 valence electrons. The Morgan fingerprint density at radius 2 is 1.91 bits per heavy atom. The van der Waals surface area contributed by atoms with Gasteiger partial charge in [0.2, 0.25) is 0 Å². The molecule has 43 heavy (non-hydrogen) atoms. The molecule has 1 amide bonds. The largest absolute Gasteiger partial charge is 0.444 e. The Labute approximate surface area is 260 Å². The van der Waals surface area contributed by atoms with Gasteiger partial charge in [-0.1, -0.05) is 37.8 Å². The van der Waals surface area contributed by atoms with Gasteiger partial charge in [-0.2, -0.15) is 0 Å². The van der Waals surface area contributed by atoms with E-state index < -0.39 is 19.5 Å². The number of rotatable bonds is 10. The minimum atomic E-state index is -1.33. The summed E-state index contributed by atoms with van der Waals surface area (Å²) in [6.07, 6.45) is 2.28. The number of hydrogen-bond donors (Lipinski definition) is 0. The van der Waals surface area contributed by atoms with Gasteiger partial charge in [-0.3, -0.25) is 0 Å². The van der Waals surface area contributed by atoms with E-state index in [0.717, 1.165) is 42.0 Å². The summed E-state index contributed by atoms with van der Waals surface area (Å²) in [5.41, 5.74) is 2.95. The van der Waals surface area contributed by atoms with E-state index in [1.54, 1.807) is 4.90 Å². The first kappa shape index (κ1) is 32.4. The van der Waals surface area contributed by atoms with E-state index in [1.807, 2.05) is 32.3 Å². The number of hydrogen-bond acceptors (Lipinski definition) is 6. The first-order valence-corrected chi connectivity index (χ1v) is 19.6. The Balaban J connectivity index is 1.55. The predicted molar refractivity (Wildman–Crippen MR) is 169 cm³/mol. The number of carbonyl (C=O) groups excluding carboxylic acids is 1. The first-order valence-electron chi connectivity index (χ1n) is 15.5. The highest BCUT2D eigenvalue weighted by Gasteiger charge is 2.59. The second-order valence-electron chi connectivity index (χ2n) is 14.6. The van der Waals surface area contributed by atoms with Gasteiger partial charge < -0.3 is 28.4 Å². The highest BCUT2D eigenvalue weighted by atomic mass is 35.5. The summed E-state index contributed by atoms with van der Waals surface area (Å²) in [6, 6.07) is 0.996. The van der Waals surface area contributed by atoms with Gasteiger partial charge in [0.1, 0.15) is 12.3 Å². The summed E-state index contributed by atoms with van der Waals surface area (Å²) in [4.78, 5) is 19.1. The summed E-state index contributed by atoms with van der Waals surface area (Å²) in [6.45, 7) is 21.4. The van der Waals surface area contributed by atoms with Crippen LogP contribution in [0.15, 0.2) is 6.58 Å². The predicted octanol–water partition coefficient (Wildman–Crippen LogP) is 7.80. The summed E-state index contributed by atoms with van der Waals surface area (Å²) in [5.74, 6) is -0.0182. The van der Waals surface area contributed by atoms with Crippen LogP contribution in [-0.2, 0) is 32.3 Å². The zero-order valence-electron chi connectivity index (χ0n) is 26.7. The standard InChI is InChI=1S/C32H47ClFN3O5Si/c1-19(2)28-26-25(24-20-15-36(16-21(20)24)31(38)42-32(3,4)5)22(17-41-23-11-9-10-12-40-23)37(18-39-13-14-43(6,7)8)29(26)27(34)30(33)35-28/h20-21,23-24H,1,9-18H2,2-8H3. The second kappa shape index (κ2) is 12.4. The highest BCUT2D eigenvalue weighted by molar-refractivity contribution is 6.76. The van der Waals surface area contributed by atoms with Crippen LogP contribution in [0.5, 0.6) is 0 Å². The molecule has 0 aromatic carbocycles. The number of allylic oxidation sites excluding steroid dienone is 1. The van der Waals surface area contributed by atoms with Gasteiger partial charge in [0.05, 0.1) is 23.5 Å². The molecule has 2 aromatic rings. The Kier molecular flexibility index (Phi) is 9.37. The zero-order chi connectivity index (χ0) is 31.3. The molecule has 2 aromatic heterocycles. The lowest BCUT2D eigenvalue weighted by atomic mass is 9.99. The van der Waals surface area contributed by atoms with Crippen LogP contribution >= 0.6 is 11.6 Å². The average Bonchev–Trinajstić information content (AvgIpc) is 3.24. The van der Waals surface area contributed by atoms with Gasteiger partial charge in [0, 0.05) is 39.8 Å². The average molecular weight is 636 g/mol. The zero-order valence-corrected chi connectivity index (χ0v) is 28.5. The third kappa shape index (κ3) is 7.14. The van der Waals surface area contributed by atoms with Crippen molar-refractivity contribution in [2.45, 2.75) is 104 Å². The molecule has 4 heterocycles. The summed E-state index contributed by atoms with van der Waals surface area (Å²) >= 11 is 6.40. The number of halogens is 2. The van der Waals surface area contributed by atoms with Crippen molar-refractivity contribution >= 4 is 42.2 Å². The van der Waals surface area contributed by atoms with Crippen LogP contribution in [-0.4, -0.2) is 66.8 Å². The maximum atomic E-state index is 16.1. The molecule has 11 heteroatoms. The molecule has 3 aliphatic rings. The van der Waals surface area contributed by atoms with E-state index in [9.17, 15) is 4.79 Å². The fourth-order valence-electron chi connectivity index (χ4n) is 6.40. The van der Waals surface area contributed by atoms with E-state index >= 15 is 4.39 Å². The smallest absolute Gasteiger partial charge is 0.410 e. The Hall–Kier alpha value is -1.98. The number of piperidine rings is 1. The number of nitrogens with zero attached hydrogens (tertiary/aromatic N) is 3. The quantitative estimate of drug-likeness (QED) is 0.151. The molecule has 2 saturated heterocycles. The lowest BCUT2D eigenvalue weighted by Crippen LogP contribution is -2.37. The Morgan fingerprint density at radius 1 is 1.21 bits per heavy atom. The normalized spacial score (nSPS) is 24.0. The van der Waals surface area contributed by atoms with Gasteiger partial charge in [-0.05, 0) is 81.9 Å². The second-order valence-corrected chi connectivity index (χ2v) is 20.5. The fraction of sp³-hybridized carbons (Fsp3) is 0.688. The number of fused-ring (bicyclic) bond motifs is 2. The molecule has 3 fully saturated rings. The van der Waals surface area contributed by atoms with Crippen molar-refractivity contribution < 1.29 is 28.1 Å². The fourth-order valence-corrected chi connectivity index (χ4v) is 7.33. The maximum Gasteiger partial charge on any atom is 0.410 e. The van der Waals surface area contributed by atoms with Gasteiger partial charge in [0.25, 0.3) is 0 Å². The molecule has 1 aliphatic carbocycles. The lowest BCUT2D eigenvalue weighted by molar-refractivity contribution is -0.170. The van der Waals surface area contributed by atoms with Crippen LogP contribution in [0.3, 0.4) is 0 Å². The number of carbonyl (C=O) groups is 1. The number of ether oxygens (including phenoxy) is 4. The molecule has 2 aliphatic heterocycles. The van der Waals surface area contributed by atoms with Crippen molar-refractivity contribution in [2.24, 2.45) is 11.8 Å². The molecule has 0 N–H and O–H groups in total. The van der Waals surface area contributed by atoms with Crippen molar-refractivity contribution in [3.8, 4) is 0 Å². The molecule has 0 spiro atoms. The minimum absolute atomic E-state index is 0.107. The van der Waals surface area contributed by atoms with Crippen LogP contribution in [0.25, 0.3) is 16.5 Å². The topological polar surface area (TPSA) is 75.1 Å². The van der Waals surface area contributed by atoms with Crippen LogP contribution in [0, 0.1) is 17.7 Å². The van der Waals surface area contributed by atoms with Crippen molar-refractivity contribution in [3.05, 3.63) is 34.5 Å². The number of likely N-dealkylation sites (tertiary alicyclic amines) is 1. The third-order valence-electron chi connectivity index (χ3n) is 8.59. The lowest BCUT2D eigenvalue weighted by Gasteiger charge is -2.26. The maximum absolute atomic E-state index is 16.1. The number of aromatic nitrogens is 2. The molecular weight excluding hydrogens is 589 g/mol. The molecule has 3 atom stereocenters. The van der Waals surface area contributed by atoms with Gasteiger partial charge in [-0.25, -0.2) is 14.2 Å². The van der Waals surface area contributed by atoms with Crippen molar-refractivity contribution in [1.29, 1.82) is 0 Å². The van der Waals surface area contributed by atoms with Crippen molar-refractivity contribution in [3.63, 3.8) is 0 Å². The minimum Gasteiger partial charge on any atom is -0.444 e. The molecule has 3 unspecified atom stereocenters. The highest BCUT2D eigenvalue weighted by Crippen LogP contribution is 2.61. The van der Waals surface area contributed by atoms with Gasteiger partial charge in [0.15, 0.2) is 17.3 Å². The number of pyridine rings is 1. The van der Waals surface area contributed by atoms with E-state index in [1.165, 1.54) is 0 Å². The molecule has 5 rings (SSSR count). The SMILES string of the molecule is C=C(C)c1nc(Cl)c(F)c2c1c(C1C3CN(C(=O)OC(C)(C)C)CC31)c(COC1CCCCO1)n2COCC[Si](C)(C)C. The van der Waals surface area contributed by atoms with Crippen LogP contribution in [0.4, 0.5) is 9.18 Å². The molecule has 8 nitrogen and oxygen atoms in total. The molecule has 1 saturated carbocycles. The Bertz CT molecular complexity index is 1370. The number of amides is 1. The monoisotopic (exact) mass is 635 g/mol. The molecule has 0 bridgehead atoms. The van der Waals surface area contributed by atoms with Crippen molar-refractivity contribution in [2.75, 3.05) is 26.3 Å². The third-order valence-corrected chi connectivity index (χ3v) is 10.5. The van der Waals surface area contributed by atoms with Gasteiger partial charge in [-0.15, -0.1) is 0 Å².